The SMILES string of the molecule is CC(C)c1cc(C2=CCC(c3ccc(OC#N)cc3)CC2)cc(C(C)C)c1OC#N. The van der Waals surface area contributed by atoms with Crippen molar-refractivity contribution in [3.8, 4) is 24.0 Å². The lowest BCUT2D eigenvalue weighted by Gasteiger charge is -2.25. The standard InChI is InChI=1S/C26H28N2O2/c1-17(2)24-13-22(14-25(18(3)4)26(24)30-16-28)21-7-5-19(6-8-21)20-9-11-23(12-10-20)29-15-27/h7,9-14,17-19H,5-6,8H2,1-4H3. The minimum absolute atomic E-state index is 0.275. The van der Waals surface area contributed by atoms with E-state index in [1.165, 1.54) is 16.7 Å². The van der Waals surface area contributed by atoms with Gasteiger partial charge in [0.05, 0.1) is 0 Å². The lowest BCUT2D eigenvalue weighted by Crippen LogP contribution is -2.06. The predicted octanol–water partition coefficient (Wildman–Crippen LogP) is 7.00. The molecule has 0 heterocycles. The summed E-state index contributed by atoms with van der Waals surface area (Å²) in [6, 6.07) is 12.2. The van der Waals surface area contributed by atoms with Gasteiger partial charge in [0.2, 0.25) is 0 Å². The molecular weight excluding hydrogens is 372 g/mol. The monoisotopic (exact) mass is 400 g/mol. The minimum Gasteiger partial charge on any atom is -0.388 e. The molecule has 0 spiro atoms. The van der Waals surface area contributed by atoms with Crippen molar-refractivity contribution in [3.05, 3.63) is 64.7 Å². The zero-order chi connectivity index (χ0) is 21.7. The molecule has 0 aromatic heterocycles. The number of hydrogen-bond acceptors (Lipinski definition) is 4. The Labute approximate surface area is 179 Å². The fourth-order valence-electron chi connectivity index (χ4n) is 4.14. The zero-order valence-electron chi connectivity index (χ0n) is 18.1. The maximum absolute atomic E-state index is 9.13. The summed E-state index contributed by atoms with van der Waals surface area (Å²) in [5.41, 5.74) is 6.06. The molecule has 1 aliphatic carbocycles. The summed E-state index contributed by atoms with van der Waals surface area (Å²) in [5.74, 6) is 2.32. The van der Waals surface area contributed by atoms with Gasteiger partial charge in [0.15, 0.2) is 0 Å². The largest absolute Gasteiger partial charge is 0.388 e. The number of rotatable bonds is 6. The first-order valence-electron chi connectivity index (χ1n) is 10.5. The summed E-state index contributed by atoms with van der Waals surface area (Å²) in [6.07, 6.45) is 9.00. The first-order valence-corrected chi connectivity index (χ1v) is 10.5. The summed E-state index contributed by atoms with van der Waals surface area (Å²) >= 11 is 0. The predicted molar refractivity (Wildman–Crippen MR) is 118 cm³/mol. The van der Waals surface area contributed by atoms with Crippen LogP contribution in [0.5, 0.6) is 11.5 Å². The third kappa shape index (κ3) is 4.66. The molecule has 1 aliphatic rings. The van der Waals surface area contributed by atoms with Crippen molar-refractivity contribution >= 4 is 5.57 Å². The number of nitriles is 2. The molecule has 1 unspecified atom stereocenters. The van der Waals surface area contributed by atoms with Gasteiger partial charge in [-0.1, -0.05) is 45.9 Å². The second-order valence-electron chi connectivity index (χ2n) is 8.45. The number of benzene rings is 2. The van der Waals surface area contributed by atoms with Crippen molar-refractivity contribution in [2.45, 2.75) is 64.7 Å². The highest BCUT2D eigenvalue weighted by Crippen LogP contribution is 2.41. The quantitative estimate of drug-likeness (QED) is 0.489. The van der Waals surface area contributed by atoms with Crippen LogP contribution in [0.3, 0.4) is 0 Å². The molecule has 1 atom stereocenters. The minimum atomic E-state index is 0.275. The molecule has 154 valence electrons. The van der Waals surface area contributed by atoms with Gasteiger partial charge in [0, 0.05) is 0 Å². The molecule has 0 aliphatic heterocycles. The topological polar surface area (TPSA) is 66.0 Å². The Morgan fingerprint density at radius 3 is 1.97 bits per heavy atom. The van der Waals surface area contributed by atoms with Gasteiger partial charge in [-0.2, -0.15) is 0 Å². The van der Waals surface area contributed by atoms with E-state index < -0.39 is 0 Å². The first kappa shape index (κ1) is 21.5. The van der Waals surface area contributed by atoms with Gasteiger partial charge in [-0.15, -0.1) is 10.5 Å². The Morgan fingerprint density at radius 1 is 0.900 bits per heavy atom. The van der Waals surface area contributed by atoms with Crippen LogP contribution < -0.4 is 9.47 Å². The number of ether oxygens (including phenoxy) is 2. The lowest BCUT2D eigenvalue weighted by atomic mass is 9.81. The van der Waals surface area contributed by atoms with E-state index in [0.717, 1.165) is 36.1 Å². The molecule has 0 fully saturated rings. The van der Waals surface area contributed by atoms with Gasteiger partial charge < -0.3 is 9.47 Å². The van der Waals surface area contributed by atoms with Crippen molar-refractivity contribution in [1.29, 1.82) is 10.5 Å². The van der Waals surface area contributed by atoms with Crippen molar-refractivity contribution in [2.24, 2.45) is 0 Å². The lowest BCUT2D eigenvalue weighted by molar-refractivity contribution is 0.485. The smallest absolute Gasteiger partial charge is 0.292 e. The number of nitrogens with zero attached hydrogens (tertiary/aromatic N) is 2. The molecule has 0 N–H and O–H groups in total. The molecule has 0 radical (unpaired) electrons. The third-order valence-corrected chi connectivity index (χ3v) is 5.83. The molecular formula is C26H28N2O2. The molecule has 3 rings (SSSR count). The summed E-state index contributed by atoms with van der Waals surface area (Å²) in [7, 11) is 0. The number of hydrogen-bond donors (Lipinski definition) is 0. The van der Waals surface area contributed by atoms with Crippen LogP contribution in [0.2, 0.25) is 0 Å². The summed E-state index contributed by atoms with van der Waals surface area (Å²) in [4.78, 5) is 0. The van der Waals surface area contributed by atoms with Gasteiger partial charge in [0.25, 0.3) is 12.5 Å². The van der Waals surface area contributed by atoms with Crippen LogP contribution in [0.15, 0.2) is 42.5 Å². The molecule has 0 bridgehead atoms. The molecule has 0 saturated heterocycles. The van der Waals surface area contributed by atoms with Crippen LogP contribution in [0.4, 0.5) is 0 Å². The Balaban J connectivity index is 1.88. The Bertz CT molecular complexity index is 976. The van der Waals surface area contributed by atoms with Gasteiger partial charge in [0.1, 0.15) is 11.5 Å². The van der Waals surface area contributed by atoms with E-state index >= 15 is 0 Å². The zero-order valence-corrected chi connectivity index (χ0v) is 18.1. The average molecular weight is 401 g/mol. The van der Waals surface area contributed by atoms with Crippen molar-refractivity contribution in [2.75, 3.05) is 0 Å². The van der Waals surface area contributed by atoms with Crippen LogP contribution in [-0.2, 0) is 0 Å². The summed E-state index contributed by atoms with van der Waals surface area (Å²) < 4.78 is 10.3. The van der Waals surface area contributed by atoms with Gasteiger partial charge in [-0.3, -0.25) is 0 Å². The normalized spacial score (nSPS) is 16.0. The highest BCUT2D eigenvalue weighted by atomic mass is 16.5. The molecule has 4 nitrogen and oxygen atoms in total. The molecule has 0 saturated carbocycles. The first-order chi connectivity index (χ1) is 14.4. The van der Waals surface area contributed by atoms with Gasteiger partial charge >= 0.3 is 0 Å². The van der Waals surface area contributed by atoms with E-state index in [-0.39, 0.29) is 11.8 Å². The van der Waals surface area contributed by atoms with Crippen LogP contribution in [0, 0.1) is 23.0 Å². The van der Waals surface area contributed by atoms with Crippen LogP contribution in [-0.4, -0.2) is 0 Å². The van der Waals surface area contributed by atoms with Crippen LogP contribution in [0.25, 0.3) is 5.57 Å². The third-order valence-electron chi connectivity index (χ3n) is 5.83. The molecule has 30 heavy (non-hydrogen) atoms. The van der Waals surface area contributed by atoms with E-state index in [9.17, 15) is 0 Å². The van der Waals surface area contributed by atoms with E-state index in [1.807, 2.05) is 18.4 Å². The van der Waals surface area contributed by atoms with E-state index in [2.05, 4.69) is 58.0 Å². The van der Waals surface area contributed by atoms with Crippen LogP contribution >= 0.6 is 0 Å². The highest BCUT2D eigenvalue weighted by Gasteiger charge is 2.22. The maximum atomic E-state index is 9.13. The molecule has 4 heteroatoms. The maximum Gasteiger partial charge on any atom is 0.292 e. The highest BCUT2D eigenvalue weighted by molar-refractivity contribution is 5.70. The Hall–Kier alpha value is -3.24. The van der Waals surface area contributed by atoms with E-state index in [1.54, 1.807) is 6.26 Å². The fraction of sp³-hybridized carbons (Fsp3) is 0.385. The fourth-order valence-corrected chi connectivity index (χ4v) is 4.14. The van der Waals surface area contributed by atoms with Crippen LogP contribution in [0.1, 0.15) is 87.0 Å². The Kier molecular flexibility index (Phi) is 6.80. The molecule has 2 aromatic carbocycles. The second-order valence-corrected chi connectivity index (χ2v) is 8.45. The van der Waals surface area contributed by atoms with Gasteiger partial charge in [-0.25, -0.2) is 0 Å². The molecule has 0 amide bonds. The average Bonchev–Trinajstić information content (AvgIpc) is 2.74. The van der Waals surface area contributed by atoms with Crippen molar-refractivity contribution in [3.63, 3.8) is 0 Å². The van der Waals surface area contributed by atoms with Gasteiger partial charge in [-0.05, 0) is 89.1 Å². The molecule has 2 aromatic rings. The Morgan fingerprint density at radius 2 is 1.50 bits per heavy atom. The van der Waals surface area contributed by atoms with Crippen molar-refractivity contribution in [1.82, 2.24) is 0 Å². The van der Waals surface area contributed by atoms with E-state index in [4.69, 9.17) is 20.0 Å². The van der Waals surface area contributed by atoms with E-state index in [0.29, 0.717) is 11.7 Å². The second kappa shape index (κ2) is 9.51. The number of allylic oxidation sites excluding steroid dienone is 2. The summed E-state index contributed by atoms with van der Waals surface area (Å²) in [5, 5.41) is 17.8. The summed E-state index contributed by atoms with van der Waals surface area (Å²) in [6.45, 7) is 8.55. The van der Waals surface area contributed by atoms with Crippen molar-refractivity contribution < 1.29 is 9.47 Å².